The van der Waals surface area contributed by atoms with Crippen LogP contribution in [0.15, 0.2) is 205 Å². The molecule has 0 spiro atoms. The average Bonchev–Trinajstić information content (AvgIpc) is 3.86. The summed E-state index contributed by atoms with van der Waals surface area (Å²) >= 11 is 0. The maximum absolute atomic E-state index is 6.41. The van der Waals surface area contributed by atoms with Crippen molar-refractivity contribution in [2.75, 3.05) is 4.90 Å². The van der Waals surface area contributed by atoms with Crippen LogP contribution >= 0.6 is 0 Å². The quantitative estimate of drug-likeness (QED) is 0.160. The van der Waals surface area contributed by atoms with Crippen molar-refractivity contribution in [1.29, 1.82) is 0 Å². The van der Waals surface area contributed by atoms with Gasteiger partial charge >= 0.3 is 0 Å². The molecule has 0 saturated heterocycles. The zero-order chi connectivity index (χ0) is 41.2. The van der Waals surface area contributed by atoms with E-state index in [1.165, 1.54) is 93.1 Å². The lowest BCUT2D eigenvalue weighted by molar-refractivity contribution is 0.445. The summed E-state index contributed by atoms with van der Waals surface area (Å²) in [6, 6.07) is 74.2. The van der Waals surface area contributed by atoms with E-state index >= 15 is 0 Å². The SMILES string of the molecule is CC1(c2ccccc2)c2ccccc2-c2c(N(c3cccc(-c4cccc5oc6ccccc6c45)c3)c3ccccc3-c3cccc4cccc(C5CCCCC5)c34)cccc21. The van der Waals surface area contributed by atoms with Crippen LogP contribution in [0, 0.1) is 0 Å². The van der Waals surface area contributed by atoms with Gasteiger partial charge in [0.25, 0.3) is 0 Å². The Morgan fingerprint density at radius 3 is 2.02 bits per heavy atom. The molecule has 1 aromatic heterocycles. The molecule has 1 unspecified atom stereocenters. The predicted molar refractivity (Wildman–Crippen MR) is 260 cm³/mol. The molecule has 10 aromatic rings. The third-order valence-electron chi connectivity index (χ3n) is 14.1. The van der Waals surface area contributed by atoms with Gasteiger partial charge in [0.05, 0.1) is 11.4 Å². The van der Waals surface area contributed by atoms with Gasteiger partial charge in [-0.1, -0.05) is 183 Å². The highest BCUT2D eigenvalue weighted by Crippen LogP contribution is 2.57. The van der Waals surface area contributed by atoms with Gasteiger partial charge < -0.3 is 9.32 Å². The normalized spacial score (nSPS) is 16.1. The van der Waals surface area contributed by atoms with Crippen LogP contribution in [-0.4, -0.2) is 0 Å². The molecule has 0 aliphatic heterocycles. The molecule has 0 N–H and O–H groups in total. The molecule has 298 valence electrons. The first-order valence-corrected chi connectivity index (χ1v) is 22.4. The molecular weight excluding hydrogens is 751 g/mol. The minimum absolute atomic E-state index is 0.335. The number of fused-ring (bicyclic) bond motifs is 7. The summed E-state index contributed by atoms with van der Waals surface area (Å²) in [4.78, 5) is 2.56. The van der Waals surface area contributed by atoms with Crippen LogP contribution in [0.4, 0.5) is 17.1 Å². The zero-order valence-electron chi connectivity index (χ0n) is 35.0. The van der Waals surface area contributed by atoms with Crippen molar-refractivity contribution in [1.82, 2.24) is 0 Å². The Bertz CT molecular complexity index is 3310. The van der Waals surface area contributed by atoms with Gasteiger partial charge in [0.2, 0.25) is 0 Å². The molecule has 2 nitrogen and oxygen atoms in total. The van der Waals surface area contributed by atoms with Crippen LogP contribution in [0.2, 0.25) is 0 Å². The van der Waals surface area contributed by atoms with Gasteiger partial charge in [-0.15, -0.1) is 0 Å². The van der Waals surface area contributed by atoms with Gasteiger partial charge in [-0.2, -0.15) is 0 Å². The summed E-state index contributed by atoms with van der Waals surface area (Å²) in [5, 5.41) is 4.98. The lowest BCUT2D eigenvalue weighted by atomic mass is 9.74. The molecule has 2 aliphatic rings. The Morgan fingerprint density at radius 1 is 0.484 bits per heavy atom. The topological polar surface area (TPSA) is 16.4 Å². The molecule has 0 amide bonds. The molecular formula is C60H47NO. The molecule has 9 aromatic carbocycles. The number of hydrogen-bond donors (Lipinski definition) is 0. The van der Waals surface area contributed by atoms with E-state index in [4.69, 9.17) is 4.42 Å². The second-order valence-corrected chi connectivity index (χ2v) is 17.5. The van der Waals surface area contributed by atoms with Crippen molar-refractivity contribution in [2.24, 2.45) is 0 Å². The Kier molecular flexibility index (Phi) is 8.74. The summed E-state index contributed by atoms with van der Waals surface area (Å²) in [6.45, 7) is 2.41. The second kappa shape index (κ2) is 14.8. The van der Waals surface area contributed by atoms with E-state index in [1.54, 1.807) is 0 Å². The Balaban J connectivity index is 1.14. The largest absolute Gasteiger partial charge is 0.456 e. The Morgan fingerprint density at radius 2 is 1.13 bits per heavy atom. The van der Waals surface area contributed by atoms with Crippen molar-refractivity contribution >= 4 is 49.8 Å². The molecule has 2 aliphatic carbocycles. The summed E-state index contributed by atoms with van der Waals surface area (Å²) < 4.78 is 6.41. The number of para-hydroxylation sites is 2. The standard InChI is InChI=1S/C60H47NO/c1-60(43-24-6-3-7-25-43)51-33-11-8-28-49(51)59-52(60)34-18-36-54(59)61(44-26-14-23-42(39-44)46-31-17-38-56-58(46)50-29-10-13-37-55(50)62-56)53-35-12-9-27-47(53)48-32-16-22-41-21-15-30-45(57(41)48)40-19-4-2-5-20-40/h3,6-18,21-40H,2,4-5,19-20H2,1H3. The third kappa shape index (κ3) is 5.70. The summed E-state index contributed by atoms with van der Waals surface area (Å²) in [5.41, 5.74) is 17.7. The van der Waals surface area contributed by atoms with Gasteiger partial charge in [0.1, 0.15) is 11.2 Å². The van der Waals surface area contributed by atoms with Crippen LogP contribution in [-0.2, 0) is 5.41 Å². The molecule has 2 heteroatoms. The van der Waals surface area contributed by atoms with Crippen LogP contribution < -0.4 is 4.90 Å². The average molecular weight is 798 g/mol. The molecule has 1 atom stereocenters. The monoisotopic (exact) mass is 797 g/mol. The van der Waals surface area contributed by atoms with Crippen molar-refractivity contribution in [2.45, 2.75) is 50.4 Å². The van der Waals surface area contributed by atoms with E-state index in [9.17, 15) is 0 Å². The number of benzene rings is 9. The maximum Gasteiger partial charge on any atom is 0.136 e. The van der Waals surface area contributed by atoms with Gasteiger partial charge in [-0.25, -0.2) is 0 Å². The molecule has 1 fully saturated rings. The van der Waals surface area contributed by atoms with Crippen LogP contribution in [0.5, 0.6) is 0 Å². The first-order chi connectivity index (χ1) is 30.7. The van der Waals surface area contributed by atoms with Gasteiger partial charge in [0.15, 0.2) is 0 Å². The number of nitrogens with zero attached hydrogens (tertiary/aromatic N) is 1. The first-order valence-electron chi connectivity index (χ1n) is 22.4. The van der Waals surface area contributed by atoms with Crippen LogP contribution in [0.3, 0.4) is 0 Å². The van der Waals surface area contributed by atoms with E-state index in [-0.39, 0.29) is 5.41 Å². The highest BCUT2D eigenvalue weighted by molar-refractivity contribution is 6.13. The van der Waals surface area contributed by atoms with Gasteiger partial charge in [-0.05, 0) is 117 Å². The molecule has 1 heterocycles. The van der Waals surface area contributed by atoms with Crippen molar-refractivity contribution < 1.29 is 4.42 Å². The fourth-order valence-corrected chi connectivity index (χ4v) is 11.3. The predicted octanol–water partition coefficient (Wildman–Crippen LogP) is 16.9. The summed E-state index contributed by atoms with van der Waals surface area (Å²) in [6.07, 6.45) is 6.44. The fourth-order valence-electron chi connectivity index (χ4n) is 11.3. The van der Waals surface area contributed by atoms with Gasteiger partial charge in [-0.3, -0.25) is 0 Å². The summed E-state index contributed by atoms with van der Waals surface area (Å²) in [7, 11) is 0. The van der Waals surface area contributed by atoms with Crippen molar-refractivity contribution in [3.8, 4) is 33.4 Å². The second-order valence-electron chi connectivity index (χ2n) is 17.5. The number of furan rings is 1. The van der Waals surface area contributed by atoms with Crippen molar-refractivity contribution in [3.05, 3.63) is 222 Å². The lowest BCUT2D eigenvalue weighted by Gasteiger charge is -2.32. The first kappa shape index (κ1) is 36.7. The van der Waals surface area contributed by atoms with E-state index < -0.39 is 0 Å². The highest BCUT2D eigenvalue weighted by atomic mass is 16.3. The number of hydrogen-bond acceptors (Lipinski definition) is 2. The zero-order valence-corrected chi connectivity index (χ0v) is 35.0. The molecule has 0 bridgehead atoms. The number of rotatable bonds is 7. The Hall–Kier alpha value is -7.16. The van der Waals surface area contributed by atoms with Crippen LogP contribution in [0.1, 0.15) is 67.2 Å². The minimum atomic E-state index is -0.335. The van der Waals surface area contributed by atoms with E-state index in [0.29, 0.717) is 5.92 Å². The van der Waals surface area contributed by atoms with E-state index in [1.807, 2.05) is 6.07 Å². The van der Waals surface area contributed by atoms with Crippen molar-refractivity contribution in [3.63, 3.8) is 0 Å². The molecule has 12 rings (SSSR count). The fraction of sp³-hybridized carbons (Fsp3) is 0.133. The molecule has 1 saturated carbocycles. The minimum Gasteiger partial charge on any atom is -0.456 e. The van der Waals surface area contributed by atoms with E-state index in [2.05, 4.69) is 206 Å². The Labute approximate surface area is 363 Å². The molecule has 62 heavy (non-hydrogen) atoms. The highest BCUT2D eigenvalue weighted by Gasteiger charge is 2.42. The summed E-state index contributed by atoms with van der Waals surface area (Å²) in [5.74, 6) is 0.569. The maximum atomic E-state index is 6.41. The lowest BCUT2D eigenvalue weighted by Crippen LogP contribution is -2.22. The number of anilines is 3. The van der Waals surface area contributed by atoms with E-state index in [0.717, 1.165) is 44.4 Å². The smallest absolute Gasteiger partial charge is 0.136 e. The van der Waals surface area contributed by atoms with Crippen LogP contribution in [0.25, 0.3) is 66.1 Å². The van der Waals surface area contributed by atoms with Gasteiger partial charge in [0, 0.05) is 33.0 Å². The molecule has 0 radical (unpaired) electrons. The third-order valence-corrected chi connectivity index (χ3v) is 14.1.